The summed E-state index contributed by atoms with van der Waals surface area (Å²) in [6.45, 7) is 0. The van der Waals surface area contributed by atoms with Gasteiger partial charge in [0.25, 0.3) is 0 Å². The Labute approximate surface area is 83.7 Å². The third kappa shape index (κ3) is 2.39. The van der Waals surface area contributed by atoms with Crippen LogP contribution in [0.3, 0.4) is 0 Å². The van der Waals surface area contributed by atoms with Gasteiger partial charge in [0.15, 0.2) is 0 Å². The lowest BCUT2D eigenvalue weighted by Gasteiger charge is -1.99. The molecule has 0 spiro atoms. The van der Waals surface area contributed by atoms with Gasteiger partial charge in [-0.15, -0.1) is 0 Å². The lowest BCUT2D eigenvalue weighted by atomic mass is 10.1. The Morgan fingerprint density at radius 3 is 2.79 bits per heavy atom. The second-order valence-corrected chi connectivity index (χ2v) is 3.02. The molecule has 2 nitrogen and oxygen atoms in total. The molecule has 2 aromatic rings. The standard InChI is InChI=1S/C12H11N2/c1-2-9-14-12(5-1)7-6-11-4-3-8-13-10-11/h1-5,7-10H,6H2. The molecule has 0 saturated carbocycles. The molecule has 0 unspecified atom stereocenters. The first-order valence-corrected chi connectivity index (χ1v) is 4.58. The highest BCUT2D eigenvalue weighted by Crippen LogP contribution is 2.04. The van der Waals surface area contributed by atoms with Crippen molar-refractivity contribution < 1.29 is 0 Å². The van der Waals surface area contributed by atoms with Crippen molar-refractivity contribution in [1.82, 2.24) is 9.97 Å². The molecular weight excluding hydrogens is 172 g/mol. The Morgan fingerprint density at radius 1 is 1.07 bits per heavy atom. The van der Waals surface area contributed by atoms with E-state index in [9.17, 15) is 0 Å². The smallest absolute Gasteiger partial charge is 0.0444 e. The molecule has 0 aliphatic heterocycles. The third-order valence-electron chi connectivity index (χ3n) is 1.96. The minimum Gasteiger partial charge on any atom is -0.264 e. The molecule has 69 valence electrons. The Kier molecular flexibility index (Phi) is 2.86. The van der Waals surface area contributed by atoms with Crippen molar-refractivity contribution in [3.05, 3.63) is 66.6 Å². The van der Waals surface area contributed by atoms with Gasteiger partial charge in [0, 0.05) is 30.7 Å². The van der Waals surface area contributed by atoms with Gasteiger partial charge in [0.05, 0.1) is 0 Å². The van der Waals surface area contributed by atoms with Crippen LogP contribution in [-0.4, -0.2) is 9.97 Å². The first-order chi connectivity index (χ1) is 6.95. The minimum absolute atomic E-state index is 0.880. The van der Waals surface area contributed by atoms with Crippen LogP contribution < -0.4 is 0 Å². The van der Waals surface area contributed by atoms with Crippen molar-refractivity contribution in [3.8, 4) is 0 Å². The van der Waals surface area contributed by atoms with Crippen molar-refractivity contribution in [2.45, 2.75) is 6.42 Å². The molecule has 2 heterocycles. The molecule has 0 aliphatic rings. The van der Waals surface area contributed by atoms with Gasteiger partial charge in [-0.25, -0.2) is 0 Å². The van der Waals surface area contributed by atoms with E-state index in [1.807, 2.05) is 30.5 Å². The number of rotatable bonds is 3. The van der Waals surface area contributed by atoms with Crippen molar-refractivity contribution in [2.24, 2.45) is 0 Å². The quantitative estimate of drug-likeness (QED) is 0.729. The van der Waals surface area contributed by atoms with Crippen LogP contribution in [0.4, 0.5) is 0 Å². The van der Waals surface area contributed by atoms with Gasteiger partial charge in [-0.2, -0.15) is 0 Å². The van der Waals surface area contributed by atoms with Crippen LogP contribution in [0.15, 0.2) is 48.9 Å². The highest BCUT2D eigenvalue weighted by atomic mass is 14.7. The molecule has 0 aliphatic carbocycles. The van der Waals surface area contributed by atoms with Gasteiger partial charge in [-0.1, -0.05) is 12.1 Å². The molecule has 1 radical (unpaired) electrons. The zero-order valence-corrected chi connectivity index (χ0v) is 7.80. The lowest BCUT2D eigenvalue weighted by Crippen LogP contribution is -1.91. The molecule has 0 amide bonds. The van der Waals surface area contributed by atoms with E-state index in [1.54, 1.807) is 12.4 Å². The topological polar surface area (TPSA) is 25.8 Å². The maximum Gasteiger partial charge on any atom is 0.0444 e. The number of aromatic nitrogens is 2. The summed E-state index contributed by atoms with van der Waals surface area (Å²) in [4.78, 5) is 8.27. The van der Waals surface area contributed by atoms with Gasteiger partial charge < -0.3 is 0 Å². The normalized spacial score (nSPS) is 10.0. The molecule has 0 bridgehead atoms. The monoisotopic (exact) mass is 183 g/mol. The summed E-state index contributed by atoms with van der Waals surface area (Å²) in [6, 6.07) is 9.91. The Morgan fingerprint density at radius 2 is 2.07 bits per heavy atom. The van der Waals surface area contributed by atoms with Crippen LogP contribution >= 0.6 is 0 Å². The van der Waals surface area contributed by atoms with E-state index in [0.717, 1.165) is 12.1 Å². The summed E-state index contributed by atoms with van der Waals surface area (Å²) in [5.41, 5.74) is 2.22. The van der Waals surface area contributed by atoms with E-state index in [1.165, 1.54) is 5.56 Å². The Bertz CT molecular complexity index is 331. The van der Waals surface area contributed by atoms with E-state index in [0.29, 0.717) is 0 Å². The minimum atomic E-state index is 0.880. The predicted molar refractivity (Wildman–Crippen MR) is 55.6 cm³/mol. The maximum atomic E-state index is 4.22. The summed E-state index contributed by atoms with van der Waals surface area (Å²) in [5, 5.41) is 0. The van der Waals surface area contributed by atoms with Crippen LogP contribution in [0.1, 0.15) is 11.3 Å². The number of pyridine rings is 2. The van der Waals surface area contributed by atoms with E-state index in [2.05, 4.69) is 22.5 Å². The first-order valence-electron chi connectivity index (χ1n) is 4.58. The van der Waals surface area contributed by atoms with Gasteiger partial charge in [0.2, 0.25) is 0 Å². The fourth-order valence-corrected chi connectivity index (χ4v) is 1.24. The molecular formula is C12H11N2. The Hall–Kier alpha value is -1.70. The van der Waals surface area contributed by atoms with Gasteiger partial charge in [0.1, 0.15) is 0 Å². The first kappa shape index (κ1) is 8.88. The highest BCUT2D eigenvalue weighted by molar-refractivity contribution is 5.19. The predicted octanol–water partition coefficient (Wildman–Crippen LogP) is 2.27. The number of hydrogen-bond donors (Lipinski definition) is 0. The van der Waals surface area contributed by atoms with E-state index < -0.39 is 0 Å². The zero-order valence-electron chi connectivity index (χ0n) is 7.80. The fraction of sp³-hybridized carbons (Fsp3) is 0.0833. The van der Waals surface area contributed by atoms with Crippen LogP contribution in [0.2, 0.25) is 0 Å². The molecule has 0 aromatic carbocycles. The zero-order chi connectivity index (χ0) is 9.64. The molecule has 2 rings (SSSR count). The molecule has 14 heavy (non-hydrogen) atoms. The number of hydrogen-bond acceptors (Lipinski definition) is 2. The summed E-state index contributed by atoms with van der Waals surface area (Å²) in [6.07, 6.45) is 8.43. The molecule has 0 fully saturated rings. The van der Waals surface area contributed by atoms with Gasteiger partial charge in [-0.3, -0.25) is 9.97 Å². The largest absolute Gasteiger partial charge is 0.264 e. The summed E-state index contributed by atoms with van der Waals surface area (Å²) in [5.74, 6) is 0. The molecule has 0 N–H and O–H groups in total. The van der Waals surface area contributed by atoms with E-state index >= 15 is 0 Å². The number of nitrogens with zero attached hydrogens (tertiary/aromatic N) is 2. The Balaban J connectivity index is 1.96. The van der Waals surface area contributed by atoms with Crippen molar-refractivity contribution in [2.75, 3.05) is 0 Å². The van der Waals surface area contributed by atoms with Crippen LogP contribution in [0.5, 0.6) is 0 Å². The van der Waals surface area contributed by atoms with Gasteiger partial charge in [-0.05, 0) is 30.2 Å². The van der Waals surface area contributed by atoms with E-state index in [4.69, 9.17) is 0 Å². The van der Waals surface area contributed by atoms with Crippen molar-refractivity contribution in [3.63, 3.8) is 0 Å². The second-order valence-electron chi connectivity index (χ2n) is 3.02. The van der Waals surface area contributed by atoms with Gasteiger partial charge >= 0.3 is 0 Å². The maximum absolute atomic E-state index is 4.22. The van der Waals surface area contributed by atoms with Crippen LogP contribution in [-0.2, 0) is 6.42 Å². The van der Waals surface area contributed by atoms with Crippen molar-refractivity contribution >= 4 is 0 Å². The fourth-order valence-electron chi connectivity index (χ4n) is 1.24. The SMILES string of the molecule is [CH](Cc1cccnc1)c1ccccn1. The summed E-state index contributed by atoms with van der Waals surface area (Å²) >= 11 is 0. The van der Waals surface area contributed by atoms with Crippen LogP contribution in [0.25, 0.3) is 0 Å². The average molecular weight is 183 g/mol. The molecule has 0 atom stereocenters. The molecule has 2 aromatic heterocycles. The average Bonchev–Trinajstić information content (AvgIpc) is 2.29. The summed E-state index contributed by atoms with van der Waals surface area (Å²) < 4.78 is 0. The molecule has 2 heteroatoms. The lowest BCUT2D eigenvalue weighted by molar-refractivity contribution is 1.08. The third-order valence-corrected chi connectivity index (χ3v) is 1.96. The van der Waals surface area contributed by atoms with Crippen molar-refractivity contribution in [1.29, 1.82) is 0 Å². The second kappa shape index (κ2) is 4.51. The highest BCUT2D eigenvalue weighted by Gasteiger charge is 1.95. The van der Waals surface area contributed by atoms with Crippen LogP contribution in [0, 0.1) is 6.42 Å². The summed E-state index contributed by atoms with van der Waals surface area (Å²) in [7, 11) is 0. The molecule has 0 saturated heterocycles. The van der Waals surface area contributed by atoms with E-state index in [-0.39, 0.29) is 0 Å².